The number of hydrogen-bond acceptors (Lipinski definition) is 2. The zero-order valence-corrected chi connectivity index (χ0v) is 12.0. The number of likely N-dealkylation sites (tertiary alicyclic amines) is 1. The van der Waals surface area contributed by atoms with Crippen molar-refractivity contribution in [2.75, 3.05) is 26.2 Å². The number of nitrogens with one attached hydrogen (secondary N) is 1. The number of halogens is 4. The van der Waals surface area contributed by atoms with Gasteiger partial charge in [-0.15, -0.1) is 0 Å². The Morgan fingerprint density at radius 3 is 2.76 bits per heavy atom. The summed E-state index contributed by atoms with van der Waals surface area (Å²) in [5.74, 6) is -0.00540. The number of rotatable bonds is 5. The van der Waals surface area contributed by atoms with E-state index in [0.717, 1.165) is 12.0 Å². The monoisotopic (exact) mass is 304 g/mol. The summed E-state index contributed by atoms with van der Waals surface area (Å²) in [7, 11) is 0. The number of benzene rings is 1. The Bertz CT molecular complexity index is 473. The maximum Gasteiger partial charge on any atom is 0.401 e. The molecule has 1 aromatic rings. The average molecular weight is 304 g/mol. The van der Waals surface area contributed by atoms with Crippen molar-refractivity contribution in [3.8, 4) is 0 Å². The highest BCUT2D eigenvalue weighted by Crippen LogP contribution is 2.22. The third kappa shape index (κ3) is 5.28. The molecule has 1 aliphatic heterocycles. The van der Waals surface area contributed by atoms with Gasteiger partial charge in [-0.25, -0.2) is 4.39 Å². The van der Waals surface area contributed by atoms with Gasteiger partial charge in [0.2, 0.25) is 0 Å². The van der Waals surface area contributed by atoms with E-state index in [1.54, 1.807) is 13.0 Å². The molecular formula is C15H20F4N2. The summed E-state index contributed by atoms with van der Waals surface area (Å²) >= 11 is 0. The first-order chi connectivity index (χ1) is 9.83. The normalized spacial score (nSPS) is 20.1. The summed E-state index contributed by atoms with van der Waals surface area (Å²) in [6, 6.07) is 5.08. The fourth-order valence-electron chi connectivity index (χ4n) is 2.64. The summed E-state index contributed by atoms with van der Waals surface area (Å²) in [6.07, 6.45) is -3.35. The Morgan fingerprint density at radius 2 is 2.10 bits per heavy atom. The van der Waals surface area contributed by atoms with Crippen molar-refractivity contribution in [3.05, 3.63) is 35.1 Å². The molecule has 0 saturated carbocycles. The van der Waals surface area contributed by atoms with Gasteiger partial charge in [0.25, 0.3) is 0 Å². The van der Waals surface area contributed by atoms with E-state index in [2.05, 4.69) is 5.32 Å². The average Bonchev–Trinajstić information content (AvgIpc) is 2.79. The van der Waals surface area contributed by atoms with Gasteiger partial charge in [-0.1, -0.05) is 12.1 Å². The van der Waals surface area contributed by atoms with Crippen LogP contribution >= 0.6 is 0 Å². The van der Waals surface area contributed by atoms with E-state index in [1.165, 1.54) is 11.0 Å². The Balaban J connectivity index is 1.71. The van der Waals surface area contributed by atoms with Crippen molar-refractivity contribution in [2.45, 2.75) is 26.1 Å². The largest absolute Gasteiger partial charge is 0.401 e. The summed E-state index contributed by atoms with van der Waals surface area (Å²) in [5, 5.41) is 3.20. The fraction of sp³-hybridized carbons (Fsp3) is 0.600. The molecule has 21 heavy (non-hydrogen) atoms. The molecule has 2 rings (SSSR count). The molecule has 6 heteroatoms. The first-order valence-electron chi connectivity index (χ1n) is 7.08. The van der Waals surface area contributed by atoms with Gasteiger partial charge in [-0.3, -0.25) is 4.90 Å². The van der Waals surface area contributed by atoms with E-state index in [1.807, 2.05) is 6.07 Å². The quantitative estimate of drug-likeness (QED) is 0.841. The fourth-order valence-corrected chi connectivity index (χ4v) is 2.64. The zero-order valence-electron chi connectivity index (χ0n) is 12.0. The lowest BCUT2D eigenvalue weighted by Crippen LogP contribution is -2.33. The van der Waals surface area contributed by atoms with Gasteiger partial charge in [-0.2, -0.15) is 13.2 Å². The topological polar surface area (TPSA) is 15.3 Å². The second kappa shape index (κ2) is 6.75. The van der Waals surface area contributed by atoms with Crippen molar-refractivity contribution >= 4 is 0 Å². The molecule has 1 N–H and O–H groups in total. The van der Waals surface area contributed by atoms with Crippen LogP contribution in [0.1, 0.15) is 17.5 Å². The van der Waals surface area contributed by atoms with E-state index >= 15 is 0 Å². The molecule has 0 amide bonds. The Hall–Kier alpha value is -1.14. The molecule has 1 fully saturated rings. The zero-order chi connectivity index (χ0) is 15.5. The summed E-state index contributed by atoms with van der Waals surface area (Å²) in [4.78, 5) is 1.44. The van der Waals surface area contributed by atoms with Crippen LogP contribution in [0.2, 0.25) is 0 Å². The molecule has 1 aliphatic rings. The van der Waals surface area contributed by atoms with Gasteiger partial charge in [0, 0.05) is 13.1 Å². The maximum atomic E-state index is 13.4. The summed E-state index contributed by atoms with van der Waals surface area (Å²) in [5.41, 5.74) is 1.46. The van der Waals surface area contributed by atoms with Crippen LogP contribution in [-0.4, -0.2) is 37.3 Å². The highest BCUT2D eigenvalue weighted by atomic mass is 19.4. The van der Waals surface area contributed by atoms with Crippen molar-refractivity contribution in [1.82, 2.24) is 10.2 Å². The lowest BCUT2D eigenvalue weighted by atomic mass is 10.1. The molecule has 0 spiro atoms. The van der Waals surface area contributed by atoms with Gasteiger partial charge in [-0.05, 0) is 49.5 Å². The van der Waals surface area contributed by atoms with Crippen LogP contribution in [0.5, 0.6) is 0 Å². The lowest BCUT2D eigenvalue weighted by Gasteiger charge is -2.18. The molecule has 0 bridgehead atoms. The third-order valence-electron chi connectivity index (χ3n) is 3.77. The molecule has 1 unspecified atom stereocenters. The molecule has 118 valence electrons. The predicted octanol–water partition coefficient (Wildman–Crippen LogP) is 3.11. The molecule has 1 atom stereocenters. The van der Waals surface area contributed by atoms with Crippen molar-refractivity contribution in [1.29, 1.82) is 0 Å². The van der Waals surface area contributed by atoms with Crippen LogP contribution in [0.4, 0.5) is 17.6 Å². The Labute approximate surface area is 122 Å². The van der Waals surface area contributed by atoms with Crippen LogP contribution in [0.15, 0.2) is 18.2 Å². The summed E-state index contributed by atoms with van der Waals surface area (Å²) in [6.45, 7) is 3.03. The SMILES string of the molecule is Cc1ccc(CNCC2CCN(CC(F)(F)F)C2)cc1F. The minimum atomic E-state index is -4.12. The third-order valence-corrected chi connectivity index (χ3v) is 3.77. The predicted molar refractivity (Wildman–Crippen MR) is 73.4 cm³/mol. The van der Waals surface area contributed by atoms with Crippen molar-refractivity contribution in [2.24, 2.45) is 5.92 Å². The molecule has 0 radical (unpaired) electrons. The van der Waals surface area contributed by atoms with Gasteiger partial charge in [0.1, 0.15) is 5.82 Å². The molecule has 1 heterocycles. The molecule has 0 aromatic heterocycles. The summed E-state index contributed by atoms with van der Waals surface area (Å²) < 4.78 is 50.2. The molecule has 1 saturated heterocycles. The van der Waals surface area contributed by atoms with Gasteiger partial charge in [0.15, 0.2) is 0 Å². The van der Waals surface area contributed by atoms with E-state index in [9.17, 15) is 17.6 Å². The molecule has 0 aliphatic carbocycles. The first kappa shape index (κ1) is 16.2. The van der Waals surface area contributed by atoms with Gasteiger partial charge < -0.3 is 5.32 Å². The van der Waals surface area contributed by atoms with E-state index in [0.29, 0.717) is 31.7 Å². The van der Waals surface area contributed by atoms with Crippen LogP contribution in [0.25, 0.3) is 0 Å². The van der Waals surface area contributed by atoms with Crippen LogP contribution < -0.4 is 5.32 Å². The second-order valence-electron chi connectivity index (χ2n) is 5.72. The van der Waals surface area contributed by atoms with Crippen LogP contribution in [-0.2, 0) is 6.54 Å². The standard InChI is InChI=1S/C15H20F4N2/c1-11-2-3-12(6-14(11)16)7-20-8-13-4-5-21(9-13)10-15(17,18)19/h2-3,6,13,20H,4-5,7-10H2,1H3. The highest BCUT2D eigenvalue weighted by molar-refractivity contribution is 5.23. The van der Waals surface area contributed by atoms with E-state index < -0.39 is 12.7 Å². The number of hydrogen-bond donors (Lipinski definition) is 1. The highest BCUT2D eigenvalue weighted by Gasteiger charge is 2.34. The van der Waals surface area contributed by atoms with Crippen molar-refractivity contribution < 1.29 is 17.6 Å². The minimum absolute atomic E-state index is 0.225. The number of alkyl halides is 3. The number of aryl methyl sites for hydroxylation is 1. The van der Waals surface area contributed by atoms with E-state index in [4.69, 9.17) is 0 Å². The van der Waals surface area contributed by atoms with Crippen LogP contribution in [0, 0.1) is 18.7 Å². The Morgan fingerprint density at radius 1 is 1.33 bits per heavy atom. The number of nitrogens with zero attached hydrogens (tertiary/aromatic N) is 1. The minimum Gasteiger partial charge on any atom is -0.312 e. The molecule has 2 nitrogen and oxygen atoms in total. The second-order valence-corrected chi connectivity index (χ2v) is 5.72. The Kier molecular flexibility index (Phi) is 5.22. The van der Waals surface area contributed by atoms with Crippen LogP contribution in [0.3, 0.4) is 0 Å². The maximum absolute atomic E-state index is 13.4. The first-order valence-corrected chi connectivity index (χ1v) is 7.08. The molecular weight excluding hydrogens is 284 g/mol. The smallest absolute Gasteiger partial charge is 0.312 e. The lowest BCUT2D eigenvalue weighted by molar-refractivity contribution is -0.143. The van der Waals surface area contributed by atoms with Gasteiger partial charge >= 0.3 is 6.18 Å². The van der Waals surface area contributed by atoms with Crippen molar-refractivity contribution in [3.63, 3.8) is 0 Å². The van der Waals surface area contributed by atoms with Gasteiger partial charge in [0.05, 0.1) is 6.54 Å². The molecule has 1 aromatic carbocycles. The van der Waals surface area contributed by atoms with E-state index in [-0.39, 0.29) is 11.7 Å².